The molecule has 1 unspecified atom stereocenters. The van der Waals surface area contributed by atoms with Crippen LogP contribution in [0.25, 0.3) is 5.57 Å². The molecule has 0 aromatic heterocycles. The van der Waals surface area contributed by atoms with E-state index in [2.05, 4.69) is 31.2 Å². The van der Waals surface area contributed by atoms with Crippen LogP contribution in [0.3, 0.4) is 0 Å². The molecule has 0 spiro atoms. The molecular weight excluding hydrogens is 340 g/mol. The van der Waals surface area contributed by atoms with Gasteiger partial charge in [0, 0.05) is 13.1 Å². The maximum Gasteiger partial charge on any atom is 0.253 e. The van der Waals surface area contributed by atoms with Gasteiger partial charge in [0.1, 0.15) is 6.54 Å². The number of benzene rings is 1. The van der Waals surface area contributed by atoms with Crippen LogP contribution >= 0.6 is 0 Å². The normalized spacial score (nSPS) is 19.0. The summed E-state index contributed by atoms with van der Waals surface area (Å²) < 4.78 is 0. The van der Waals surface area contributed by atoms with Crippen LogP contribution in [0.1, 0.15) is 49.3 Å². The predicted octanol–water partition coefficient (Wildman–Crippen LogP) is 2.91. The topological polar surface area (TPSA) is 57.7 Å². The van der Waals surface area contributed by atoms with Crippen LogP contribution < -0.4 is 0 Å². The van der Waals surface area contributed by atoms with Crippen LogP contribution in [0.2, 0.25) is 0 Å². The number of carbonyl (C=O) groups is 3. The lowest BCUT2D eigenvalue weighted by molar-refractivity contribution is -0.142. The van der Waals surface area contributed by atoms with Crippen LogP contribution in [0.4, 0.5) is 0 Å². The highest BCUT2D eigenvalue weighted by atomic mass is 16.2. The van der Waals surface area contributed by atoms with Crippen molar-refractivity contribution in [3.05, 3.63) is 53.1 Å². The van der Waals surface area contributed by atoms with E-state index in [9.17, 15) is 14.4 Å². The lowest BCUT2D eigenvalue weighted by atomic mass is 9.94. The van der Waals surface area contributed by atoms with Gasteiger partial charge in [0.05, 0.1) is 0 Å². The van der Waals surface area contributed by atoms with E-state index in [1.807, 2.05) is 0 Å². The fraction of sp³-hybridized carbons (Fsp3) is 0.409. The molecule has 0 saturated carbocycles. The molecule has 0 bridgehead atoms. The number of allylic oxidation sites excluding steroid dienone is 1. The van der Waals surface area contributed by atoms with Gasteiger partial charge in [-0.05, 0) is 60.4 Å². The van der Waals surface area contributed by atoms with Gasteiger partial charge in [-0.2, -0.15) is 0 Å². The van der Waals surface area contributed by atoms with Crippen LogP contribution in [-0.2, 0) is 20.8 Å². The van der Waals surface area contributed by atoms with E-state index in [0.29, 0.717) is 25.4 Å². The zero-order valence-corrected chi connectivity index (χ0v) is 16.0. The molecule has 142 valence electrons. The van der Waals surface area contributed by atoms with Crippen LogP contribution in [0.5, 0.6) is 0 Å². The zero-order chi connectivity index (χ0) is 19.4. The Hall–Kier alpha value is -2.69. The van der Waals surface area contributed by atoms with Crippen molar-refractivity contribution in [3.8, 4) is 0 Å². The quantitative estimate of drug-likeness (QED) is 0.595. The van der Waals surface area contributed by atoms with Gasteiger partial charge in [0.25, 0.3) is 5.91 Å². The van der Waals surface area contributed by atoms with Crippen molar-refractivity contribution in [1.29, 1.82) is 0 Å². The number of nitrogens with zero attached hydrogens (tertiary/aromatic N) is 2. The Kier molecular flexibility index (Phi) is 5.89. The molecule has 5 heteroatoms. The average molecular weight is 366 g/mol. The fourth-order valence-corrected chi connectivity index (χ4v) is 3.82. The Morgan fingerprint density at radius 3 is 2.78 bits per heavy atom. The third kappa shape index (κ3) is 4.18. The fourth-order valence-electron chi connectivity index (χ4n) is 3.82. The summed E-state index contributed by atoms with van der Waals surface area (Å²) in [7, 11) is 0. The molecule has 5 nitrogen and oxygen atoms in total. The Balaban J connectivity index is 1.64. The molecule has 1 aromatic rings. The summed E-state index contributed by atoms with van der Waals surface area (Å²) in [6.45, 7) is 4.86. The van der Waals surface area contributed by atoms with Gasteiger partial charge in [-0.3, -0.25) is 19.3 Å². The van der Waals surface area contributed by atoms with Crippen molar-refractivity contribution in [2.75, 3.05) is 19.6 Å². The Bertz CT molecular complexity index is 810. The Labute approximate surface area is 160 Å². The number of hydrogen-bond acceptors (Lipinski definition) is 3. The smallest absolute Gasteiger partial charge is 0.253 e. The number of aryl methyl sites for hydroxylation is 1. The SMILES string of the molecule is C/C=C\C(=O)N(C=O)CC(=O)N1CC=C(c2ccc3c(c2)C(C)CC3)CC1. The summed E-state index contributed by atoms with van der Waals surface area (Å²) in [5, 5.41) is 0. The lowest BCUT2D eigenvalue weighted by Crippen LogP contribution is -2.43. The first-order valence-electron chi connectivity index (χ1n) is 9.52. The molecule has 0 fully saturated rings. The summed E-state index contributed by atoms with van der Waals surface area (Å²) in [6.07, 6.45) is 8.50. The first kappa shape index (κ1) is 19.1. The van der Waals surface area contributed by atoms with Crippen molar-refractivity contribution >= 4 is 23.8 Å². The van der Waals surface area contributed by atoms with Crippen LogP contribution in [0, 0.1) is 0 Å². The molecule has 1 aliphatic heterocycles. The van der Waals surface area contributed by atoms with Crippen LogP contribution in [-0.4, -0.2) is 47.7 Å². The van der Waals surface area contributed by atoms with Gasteiger partial charge in [0.2, 0.25) is 12.3 Å². The molecule has 1 aromatic carbocycles. The standard InChI is InChI=1S/C22H26N2O3/c1-3-4-21(26)24(15-25)14-22(27)23-11-9-17(10-12-23)19-8-7-18-6-5-16(2)20(18)13-19/h3-4,7-9,13,15-16H,5-6,10-12,14H2,1-2H3/b4-3-. The van der Waals surface area contributed by atoms with Gasteiger partial charge in [-0.25, -0.2) is 0 Å². The first-order chi connectivity index (χ1) is 13.0. The second-order valence-corrected chi connectivity index (χ2v) is 7.24. The van der Waals surface area contributed by atoms with E-state index in [4.69, 9.17) is 0 Å². The lowest BCUT2D eigenvalue weighted by Gasteiger charge is -2.28. The summed E-state index contributed by atoms with van der Waals surface area (Å²) in [6, 6.07) is 6.73. The molecule has 1 aliphatic carbocycles. The second kappa shape index (κ2) is 8.33. The number of amides is 3. The van der Waals surface area contributed by atoms with Crippen molar-refractivity contribution in [2.24, 2.45) is 0 Å². The van der Waals surface area contributed by atoms with E-state index < -0.39 is 5.91 Å². The molecule has 1 heterocycles. The van der Waals surface area contributed by atoms with Gasteiger partial charge >= 0.3 is 0 Å². The maximum atomic E-state index is 12.4. The highest BCUT2D eigenvalue weighted by molar-refractivity contribution is 5.98. The monoisotopic (exact) mass is 366 g/mol. The minimum Gasteiger partial charge on any atom is -0.337 e. The second-order valence-electron chi connectivity index (χ2n) is 7.24. The van der Waals surface area contributed by atoms with Gasteiger partial charge in [-0.15, -0.1) is 0 Å². The van der Waals surface area contributed by atoms with Crippen molar-refractivity contribution in [2.45, 2.75) is 39.0 Å². The van der Waals surface area contributed by atoms with Crippen molar-refractivity contribution < 1.29 is 14.4 Å². The molecular formula is C22H26N2O3. The molecule has 0 N–H and O–H groups in total. The van der Waals surface area contributed by atoms with Crippen LogP contribution in [0.15, 0.2) is 36.4 Å². The summed E-state index contributed by atoms with van der Waals surface area (Å²) >= 11 is 0. The molecule has 2 aliphatic rings. The molecule has 27 heavy (non-hydrogen) atoms. The van der Waals surface area contributed by atoms with E-state index >= 15 is 0 Å². The average Bonchev–Trinajstić information content (AvgIpc) is 3.06. The Morgan fingerprint density at radius 2 is 2.11 bits per heavy atom. The molecule has 0 radical (unpaired) electrons. The minimum atomic E-state index is -0.471. The number of carbonyl (C=O) groups excluding carboxylic acids is 3. The minimum absolute atomic E-state index is 0.210. The molecule has 3 rings (SSSR count). The number of rotatable bonds is 5. The van der Waals surface area contributed by atoms with Crippen molar-refractivity contribution in [3.63, 3.8) is 0 Å². The van der Waals surface area contributed by atoms with E-state index in [0.717, 1.165) is 17.7 Å². The Morgan fingerprint density at radius 1 is 1.30 bits per heavy atom. The van der Waals surface area contributed by atoms with Gasteiger partial charge in [0.15, 0.2) is 0 Å². The maximum absolute atomic E-state index is 12.4. The highest BCUT2D eigenvalue weighted by Gasteiger charge is 2.23. The summed E-state index contributed by atoms with van der Waals surface area (Å²) in [4.78, 5) is 37.9. The highest BCUT2D eigenvalue weighted by Crippen LogP contribution is 2.35. The van der Waals surface area contributed by atoms with Gasteiger partial charge in [-0.1, -0.05) is 37.3 Å². The molecule has 1 atom stereocenters. The van der Waals surface area contributed by atoms with E-state index in [1.54, 1.807) is 17.9 Å². The summed E-state index contributed by atoms with van der Waals surface area (Å²) in [5.41, 5.74) is 5.42. The molecule has 0 saturated heterocycles. The van der Waals surface area contributed by atoms with Crippen molar-refractivity contribution in [1.82, 2.24) is 9.80 Å². The number of hydrogen-bond donors (Lipinski definition) is 0. The predicted molar refractivity (Wildman–Crippen MR) is 105 cm³/mol. The number of fused-ring (bicyclic) bond motifs is 1. The largest absolute Gasteiger partial charge is 0.337 e. The number of imide groups is 1. The first-order valence-corrected chi connectivity index (χ1v) is 9.52. The third-order valence-electron chi connectivity index (χ3n) is 5.48. The van der Waals surface area contributed by atoms with Gasteiger partial charge < -0.3 is 4.90 Å². The van der Waals surface area contributed by atoms with E-state index in [1.165, 1.54) is 34.8 Å². The molecule has 3 amide bonds. The third-order valence-corrected chi connectivity index (χ3v) is 5.48. The van der Waals surface area contributed by atoms with E-state index in [-0.39, 0.29) is 12.5 Å². The zero-order valence-electron chi connectivity index (χ0n) is 16.0. The summed E-state index contributed by atoms with van der Waals surface area (Å²) in [5.74, 6) is -0.0644.